The molecule has 3 aromatic carbocycles. The molecule has 0 saturated heterocycles. The van der Waals surface area contributed by atoms with Crippen molar-refractivity contribution in [3.63, 3.8) is 0 Å². The number of carbonyl (C=O) groups is 1. The van der Waals surface area contributed by atoms with Crippen LogP contribution >= 0.6 is 15.9 Å². The summed E-state index contributed by atoms with van der Waals surface area (Å²) in [4.78, 5) is 14.7. The van der Waals surface area contributed by atoms with Crippen molar-refractivity contribution < 1.29 is 23.0 Å². The zero-order valence-corrected chi connectivity index (χ0v) is 22.4. The quantitative estimate of drug-likeness (QED) is 0.291. The van der Waals surface area contributed by atoms with Gasteiger partial charge in [-0.1, -0.05) is 60.1 Å². The zero-order chi connectivity index (χ0) is 26.1. The van der Waals surface area contributed by atoms with Crippen molar-refractivity contribution in [2.75, 3.05) is 25.2 Å². The summed E-state index contributed by atoms with van der Waals surface area (Å²) in [6.45, 7) is 5.82. The Morgan fingerprint density at radius 3 is 2.33 bits per heavy atom. The van der Waals surface area contributed by atoms with E-state index in [9.17, 15) is 4.79 Å². The lowest BCUT2D eigenvalue weighted by molar-refractivity contribution is -0.181. The van der Waals surface area contributed by atoms with Gasteiger partial charge in [-0.2, -0.15) is 8.78 Å². The summed E-state index contributed by atoms with van der Waals surface area (Å²) in [6, 6.07) is 19.5. The first kappa shape index (κ1) is 26.1. The molecule has 0 amide bonds. The molecule has 0 N–H and O–H groups in total. The van der Waals surface area contributed by atoms with Gasteiger partial charge in [0.25, 0.3) is 0 Å². The van der Waals surface area contributed by atoms with Gasteiger partial charge < -0.3 is 14.4 Å². The van der Waals surface area contributed by atoms with Crippen LogP contribution in [0.4, 0.5) is 14.5 Å². The van der Waals surface area contributed by atoms with Gasteiger partial charge in [0.2, 0.25) is 0 Å². The fraction of sp³-hybridized carbons (Fsp3) is 0.345. The molecule has 3 aromatic rings. The fourth-order valence-electron chi connectivity index (χ4n) is 5.06. The summed E-state index contributed by atoms with van der Waals surface area (Å²) in [5.74, 6) is -4.60. The lowest BCUT2D eigenvalue weighted by Gasteiger charge is -2.52. The van der Waals surface area contributed by atoms with Crippen molar-refractivity contribution >= 4 is 27.6 Å². The van der Waals surface area contributed by atoms with Crippen molar-refractivity contribution in [3.05, 3.63) is 93.5 Å². The minimum Gasteiger partial charge on any atom is -0.497 e. The third-order valence-electron chi connectivity index (χ3n) is 6.83. The van der Waals surface area contributed by atoms with E-state index in [0.717, 1.165) is 10.0 Å². The third-order valence-corrected chi connectivity index (χ3v) is 7.36. The van der Waals surface area contributed by atoms with Crippen molar-refractivity contribution in [2.45, 2.75) is 44.6 Å². The van der Waals surface area contributed by atoms with Crippen LogP contribution in [0.2, 0.25) is 0 Å². The smallest absolute Gasteiger partial charge is 0.380 e. The molecular weight excluding hydrogens is 528 g/mol. The average Bonchev–Trinajstić information content (AvgIpc) is 2.88. The Morgan fingerprint density at radius 1 is 1.08 bits per heavy atom. The lowest BCUT2D eigenvalue weighted by Crippen LogP contribution is -2.65. The van der Waals surface area contributed by atoms with Gasteiger partial charge in [-0.05, 0) is 77.9 Å². The molecule has 7 heteroatoms. The van der Waals surface area contributed by atoms with Crippen LogP contribution in [0.3, 0.4) is 0 Å². The molecule has 0 saturated carbocycles. The Labute approximate surface area is 219 Å². The second kappa shape index (κ2) is 10.2. The third kappa shape index (κ3) is 4.27. The summed E-state index contributed by atoms with van der Waals surface area (Å²) >= 11 is 3.41. The molecule has 0 aliphatic carbocycles. The number of esters is 1. The summed E-state index contributed by atoms with van der Waals surface area (Å²) in [5, 5.41) is 0. The predicted octanol–water partition coefficient (Wildman–Crippen LogP) is 7.09. The summed E-state index contributed by atoms with van der Waals surface area (Å²) < 4.78 is 44.7. The highest BCUT2D eigenvalue weighted by atomic mass is 79.9. The molecule has 1 heterocycles. The maximum Gasteiger partial charge on any atom is 0.380 e. The van der Waals surface area contributed by atoms with Crippen molar-refractivity contribution in [1.29, 1.82) is 0 Å². The Morgan fingerprint density at radius 2 is 1.75 bits per heavy atom. The van der Waals surface area contributed by atoms with E-state index in [2.05, 4.69) is 29.8 Å². The van der Waals surface area contributed by atoms with Gasteiger partial charge in [0.05, 0.1) is 13.7 Å². The first-order chi connectivity index (χ1) is 17.2. The number of anilines is 1. The molecule has 1 unspecified atom stereocenters. The predicted molar refractivity (Wildman–Crippen MR) is 141 cm³/mol. The highest BCUT2D eigenvalue weighted by molar-refractivity contribution is 9.10. The normalized spacial score (nSPS) is 17.6. The van der Waals surface area contributed by atoms with Crippen molar-refractivity contribution in [3.8, 4) is 5.75 Å². The van der Waals surface area contributed by atoms with Gasteiger partial charge in [-0.15, -0.1) is 0 Å². The van der Waals surface area contributed by atoms with E-state index >= 15 is 8.78 Å². The number of alkyl halides is 2. The van der Waals surface area contributed by atoms with Crippen molar-refractivity contribution in [1.82, 2.24) is 0 Å². The van der Waals surface area contributed by atoms with Crippen LogP contribution < -0.4 is 9.64 Å². The second-order valence-electron chi connectivity index (χ2n) is 9.18. The fourth-order valence-corrected chi connectivity index (χ4v) is 5.32. The van der Waals surface area contributed by atoms with Gasteiger partial charge in [0, 0.05) is 16.7 Å². The van der Waals surface area contributed by atoms with Crippen LogP contribution in [-0.2, 0) is 21.5 Å². The highest BCUT2D eigenvalue weighted by Crippen LogP contribution is 2.53. The lowest BCUT2D eigenvalue weighted by atomic mass is 9.71. The maximum atomic E-state index is 16.8. The molecule has 1 aliphatic rings. The molecule has 36 heavy (non-hydrogen) atoms. The maximum absolute atomic E-state index is 16.8. The topological polar surface area (TPSA) is 38.8 Å². The number of halogens is 3. The SMILES string of the molecule is CCOC(=O)C(F)(F)C1(c2ccc(Br)cc2)c2ccc(OC)cc2CCN1c1ccc(C(C)C)cc1. The number of hydrogen-bond acceptors (Lipinski definition) is 4. The number of carbonyl (C=O) groups excluding carboxylic acids is 1. The average molecular weight is 558 g/mol. The monoisotopic (exact) mass is 557 g/mol. The molecule has 4 nitrogen and oxygen atoms in total. The number of fused-ring (bicyclic) bond motifs is 1. The minimum atomic E-state index is -3.92. The second-order valence-corrected chi connectivity index (χ2v) is 10.1. The number of rotatable bonds is 7. The van der Waals surface area contributed by atoms with Gasteiger partial charge in [0.15, 0.2) is 5.54 Å². The summed E-state index contributed by atoms with van der Waals surface area (Å²) in [6.07, 6.45) is 0.510. The van der Waals surface area contributed by atoms with Crippen molar-refractivity contribution in [2.24, 2.45) is 0 Å². The van der Waals surface area contributed by atoms with Crippen LogP contribution in [0.25, 0.3) is 0 Å². The van der Waals surface area contributed by atoms with Crippen LogP contribution in [0.1, 0.15) is 48.9 Å². The van der Waals surface area contributed by atoms with E-state index in [4.69, 9.17) is 9.47 Å². The largest absolute Gasteiger partial charge is 0.497 e. The highest BCUT2D eigenvalue weighted by Gasteiger charge is 2.67. The molecule has 0 radical (unpaired) electrons. The Bertz CT molecular complexity index is 1230. The molecule has 0 aromatic heterocycles. The van der Waals surface area contributed by atoms with Gasteiger partial charge >= 0.3 is 11.9 Å². The first-order valence-corrected chi connectivity index (χ1v) is 12.8. The van der Waals surface area contributed by atoms with Gasteiger partial charge in [-0.25, -0.2) is 4.79 Å². The van der Waals surface area contributed by atoms with E-state index in [0.29, 0.717) is 40.5 Å². The zero-order valence-electron chi connectivity index (χ0n) is 20.9. The van der Waals surface area contributed by atoms with E-state index in [1.807, 2.05) is 24.3 Å². The molecule has 4 rings (SSSR count). The van der Waals surface area contributed by atoms with E-state index in [-0.39, 0.29) is 13.2 Å². The first-order valence-electron chi connectivity index (χ1n) is 12.0. The molecular formula is C29H30BrF2NO3. The number of benzene rings is 3. The number of ether oxygens (including phenoxy) is 2. The van der Waals surface area contributed by atoms with E-state index in [1.54, 1.807) is 54.5 Å². The standard InChI is InChI=1S/C29H30BrF2NO3/c1-5-36-27(34)29(31,32)28(22-8-10-23(30)11-9-22)26-15-14-25(35-4)18-21(26)16-17-33(28)24-12-6-20(7-13-24)19(2)3/h6-15,18-19H,5,16-17H2,1-4H3. The van der Waals surface area contributed by atoms with E-state index in [1.165, 1.54) is 6.92 Å². The number of nitrogens with zero attached hydrogens (tertiary/aromatic N) is 1. The Kier molecular flexibility index (Phi) is 7.41. The number of hydrogen-bond donors (Lipinski definition) is 0. The van der Waals surface area contributed by atoms with Crippen LogP contribution in [0, 0.1) is 0 Å². The molecule has 1 aliphatic heterocycles. The van der Waals surface area contributed by atoms with Gasteiger partial charge in [0.1, 0.15) is 5.75 Å². The molecule has 0 bridgehead atoms. The Balaban J connectivity index is 2.07. The Hall–Kier alpha value is -2.93. The van der Waals surface area contributed by atoms with Crippen LogP contribution in [0.5, 0.6) is 5.75 Å². The van der Waals surface area contributed by atoms with Crippen LogP contribution in [-0.4, -0.2) is 32.2 Å². The molecule has 0 fully saturated rings. The molecule has 1 atom stereocenters. The minimum absolute atomic E-state index is 0.149. The molecule has 190 valence electrons. The van der Waals surface area contributed by atoms with Gasteiger partial charge in [-0.3, -0.25) is 0 Å². The van der Waals surface area contributed by atoms with Crippen LogP contribution in [0.15, 0.2) is 71.2 Å². The molecule has 0 spiro atoms. The van der Waals surface area contributed by atoms with E-state index < -0.39 is 17.4 Å². The number of methoxy groups -OCH3 is 1. The summed E-state index contributed by atoms with van der Waals surface area (Å²) in [5.41, 5.74) is 0.918. The summed E-state index contributed by atoms with van der Waals surface area (Å²) in [7, 11) is 1.54.